The Balaban J connectivity index is 3.53. The van der Waals surface area contributed by atoms with Crippen molar-refractivity contribution in [3.63, 3.8) is 0 Å². The minimum absolute atomic E-state index is 0.0903. The number of carboxylic acid groups (broad SMARTS) is 3. The third-order valence-electron chi connectivity index (χ3n) is 9.25. The first kappa shape index (κ1) is 53.3. The Labute approximate surface area is 359 Å². The van der Waals surface area contributed by atoms with Crippen LogP contribution in [0.15, 0.2) is 36.9 Å². The third-order valence-corrected chi connectivity index (χ3v) is 9.25. The Morgan fingerprint density at radius 3 is 1.82 bits per heavy atom. The van der Waals surface area contributed by atoms with Gasteiger partial charge in [0.25, 0.3) is 5.91 Å². The molecule has 21 nitrogen and oxygen atoms in total. The first-order chi connectivity index (χ1) is 29.1. The second-order valence-electron chi connectivity index (χ2n) is 15.0. The number of unbranched alkanes of at least 4 members (excludes halogenated alkanes) is 1. The number of carbonyl (C=O) groups is 11. The lowest BCUT2D eigenvalue weighted by Gasteiger charge is -2.30. The minimum Gasteiger partial charge on any atom is -0.481 e. The normalized spacial score (nSPS) is 13.2. The Morgan fingerprint density at radius 1 is 0.710 bits per heavy atom. The molecule has 0 aliphatic rings. The van der Waals surface area contributed by atoms with Crippen molar-refractivity contribution in [1.82, 2.24) is 31.5 Å². The summed E-state index contributed by atoms with van der Waals surface area (Å²) in [5, 5.41) is 39.7. The Kier molecular flexibility index (Phi) is 23.4. The van der Waals surface area contributed by atoms with Gasteiger partial charge in [-0.2, -0.15) is 0 Å². The van der Waals surface area contributed by atoms with E-state index in [0.29, 0.717) is 24.0 Å². The summed E-state index contributed by atoms with van der Waals surface area (Å²) in [4.78, 5) is 140. The molecule has 0 bridgehead atoms. The van der Waals surface area contributed by atoms with Gasteiger partial charge in [0.2, 0.25) is 41.2 Å². The highest BCUT2D eigenvalue weighted by Gasteiger charge is 2.34. The van der Waals surface area contributed by atoms with E-state index < -0.39 is 134 Å². The number of aliphatic carboxylic acids is 3. The molecule has 0 radical (unpaired) electrons. The van der Waals surface area contributed by atoms with Crippen molar-refractivity contribution in [3.05, 3.63) is 48.0 Å². The number of Topliss-reactive ketones (excluding diaryl/α,β-unsaturated/α-hetero) is 1. The fourth-order valence-corrected chi connectivity index (χ4v) is 6.06. The largest absolute Gasteiger partial charge is 0.481 e. The summed E-state index contributed by atoms with van der Waals surface area (Å²) in [6.07, 6.45) is -1.02. The zero-order chi connectivity index (χ0) is 47.1. The van der Waals surface area contributed by atoms with Crippen molar-refractivity contribution in [1.29, 1.82) is 0 Å². The number of ketones is 1. The molecule has 0 saturated carbocycles. The first-order valence-electron chi connectivity index (χ1n) is 20.0. The van der Waals surface area contributed by atoms with Crippen LogP contribution in [0.2, 0.25) is 0 Å². The molecule has 0 heterocycles. The van der Waals surface area contributed by atoms with Gasteiger partial charge in [-0.25, -0.2) is 0 Å². The van der Waals surface area contributed by atoms with Crippen molar-refractivity contribution in [2.75, 3.05) is 13.1 Å². The maximum absolute atomic E-state index is 14.4. The van der Waals surface area contributed by atoms with Crippen LogP contribution in [0.4, 0.5) is 0 Å². The standard InChI is InChI=1S/C41H59N7O14/c1-6-8-13-26(36(57)37(42)58)45-39(60)28(19-23(3)4)44-32(50)22-48(18-7-2)41(62)30(20-25-12-10-9-11-24(25)5)47-38(59)27(14-16-33(51)52)46-40(61)29(21-35(55)56)43-31(49)15-17-34(53)54/h7,9-12,23,26-30H,2,6,8,13-22H2,1,3-5H3,(H2,42,58)(H,43,49)(H,44,50)(H,45,60)(H,46,61)(H,47,59)(H,51,52)(H,53,54)(H,55,56)/t26-,27-,28-,29-,30-/m0/s1. The number of carbonyl (C=O) groups excluding carboxylic acids is 8. The number of carboxylic acids is 3. The maximum atomic E-state index is 14.4. The van der Waals surface area contributed by atoms with Crippen molar-refractivity contribution in [2.45, 2.75) is 122 Å². The molecule has 0 unspecified atom stereocenters. The predicted octanol–water partition coefficient (Wildman–Crippen LogP) is -0.529. The van der Waals surface area contributed by atoms with Crippen LogP contribution in [0, 0.1) is 12.8 Å². The van der Waals surface area contributed by atoms with Crippen LogP contribution in [0.25, 0.3) is 0 Å². The lowest BCUT2D eigenvalue weighted by molar-refractivity contribution is -0.142. The van der Waals surface area contributed by atoms with Crippen molar-refractivity contribution in [2.24, 2.45) is 11.7 Å². The summed E-state index contributed by atoms with van der Waals surface area (Å²) in [5.41, 5.74) is 6.47. The number of rotatable bonds is 30. The van der Waals surface area contributed by atoms with E-state index in [9.17, 15) is 63.0 Å². The van der Waals surface area contributed by atoms with Crippen molar-refractivity contribution >= 4 is 65.0 Å². The van der Waals surface area contributed by atoms with Crippen molar-refractivity contribution in [3.8, 4) is 0 Å². The fourth-order valence-electron chi connectivity index (χ4n) is 6.06. The van der Waals surface area contributed by atoms with Crippen LogP contribution in [0.5, 0.6) is 0 Å². The van der Waals surface area contributed by atoms with E-state index in [1.807, 2.05) is 6.92 Å². The smallest absolute Gasteiger partial charge is 0.305 e. The number of aryl methyl sites for hydroxylation is 1. The molecule has 7 amide bonds. The van der Waals surface area contributed by atoms with Crippen LogP contribution < -0.4 is 32.3 Å². The molecule has 62 heavy (non-hydrogen) atoms. The van der Waals surface area contributed by atoms with E-state index in [-0.39, 0.29) is 31.7 Å². The van der Waals surface area contributed by atoms with Gasteiger partial charge in [0, 0.05) is 25.8 Å². The summed E-state index contributed by atoms with van der Waals surface area (Å²) in [7, 11) is 0. The van der Waals surface area contributed by atoms with Crippen LogP contribution in [0.1, 0.15) is 89.7 Å². The quantitative estimate of drug-likeness (QED) is 0.0347. The zero-order valence-electron chi connectivity index (χ0n) is 35.4. The number of hydrogen-bond acceptors (Lipinski definition) is 11. The van der Waals surface area contributed by atoms with Gasteiger partial charge in [0.15, 0.2) is 0 Å². The number of benzene rings is 1. The Bertz CT molecular complexity index is 1820. The molecular weight excluding hydrogens is 814 g/mol. The van der Waals surface area contributed by atoms with Crippen LogP contribution in [-0.4, -0.2) is 129 Å². The summed E-state index contributed by atoms with van der Waals surface area (Å²) < 4.78 is 0. The number of primary amides is 1. The summed E-state index contributed by atoms with van der Waals surface area (Å²) in [6.45, 7) is 9.86. The van der Waals surface area contributed by atoms with Crippen LogP contribution in [-0.2, 0) is 59.2 Å². The molecule has 0 fully saturated rings. The third kappa shape index (κ3) is 20.1. The van der Waals surface area contributed by atoms with Gasteiger partial charge in [0.1, 0.15) is 24.2 Å². The molecule has 1 aromatic rings. The molecule has 0 aliphatic heterocycles. The number of amides is 7. The summed E-state index contributed by atoms with van der Waals surface area (Å²) in [6, 6.07) is -0.654. The lowest BCUT2D eigenvalue weighted by atomic mass is 9.99. The fraction of sp³-hybridized carbons (Fsp3) is 0.537. The molecule has 1 aromatic carbocycles. The van der Waals surface area contributed by atoms with E-state index in [1.54, 1.807) is 45.0 Å². The SMILES string of the molecule is C=CCN(CC(=O)N[C@@H](CC(C)C)C(=O)N[C@@H](CCCC)C(=O)C(N)=O)C(=O)[C@H](Cc1ccccc1C)NC(=O)[C@H](CCC(=O)O)NC(=O)[C@H](CC(=O)O)NC(=O)CCC(=O)O. The molecule has 0 aromatic heterocycles. The topological polar surface area (TPSA) is 338 Å². The van der Waals surface area contributed by atoms with Crippen LogP contribution in [0.3, 0.4) is 0 Å². The van der Waals surface area contributed by atoms with Gasteiger partial charge in [-0.15, -0.1) is 6.58 Å². The molecule has 342 valence electrons. The lowest BCUT2D eigenvalue weighted by Crippen LogP contribution is -2.59. The first-order valence-corrected chi connectivity index (χ1v) is 20.0. The highest BCUT2D eigenvalue weighted by Crippen LogP contribution is 2.14. The Morgan fingerprint density at radius 2 is 1.27 bits per heavy atom. The molecule has 0 spiro atoms. The molecule has 1 rings (SSSR count). The van der Waals surface area contributed by atoms with Gasteiger partial charge < -0.3 is 52.5 Å². The predicted molar refractivity (Wildman–Crippen MR) is 220 cm³/mol. The number of nitrogens with one attached hydrogen (secondary N) is 5. The second-order valence-corrected chi connectivity index (χ2v) is 15.0. The molecule has 0 aliphatic carbocycles. The number of hydrogen-bond donors (Lipinski definition) is 9. The average Bonchev–Trinajstić information content (AvgIpc) is 3.18. The van der Waals surface area contributed by atoms with E-state index in [2.05, 4.69) is 33.2 Å². The molecule has 21 heteroatoms. The molecule has 5 atom stereocenters. The molecular formula is C41H59N7O14. The molecule has 10 N–H and O–H groups in total. The second kappa shape index (κ2) is 27.2. The molecule has 0 saturated heterocycles. The Hall–Kier alpha value is -6.67. The van der Waals surface area contributed by atoms with Crippen molar-refractivity contribution < 1.29 is 68.1 Å². The van der Waals surface area contributed by atoms with Gasteiger partial charge in [-0.1, -0.05) is 64.0 Å². The highest BCUT2D eigenvalue weighted by atomic mass is 16.4. The van der Waals surface area contributed by atoms with E-state index in [1.165, 1.54) is 6.08 Å². The van der Waals surface area contributed by atoms with Gasteiger partial charge >= 0.3 is 17.9 Å². The van der Waals surface area contributed by atoms with Gasteiger partial charge in [-0.3, -0.25) is 52.7 Å². The number of nitrogens with zero attached hydrogens (tertiary/aromatic N) is 1. The summed E-state index contributed by atoms with van der Waals surface area (Å²) in [5.74, 6) is -12.4. The zero-order valence-corrected chi connectivity index (χ0v) is 35.4. The summed E-state index contributed by atoms with van der Waals surface area (Å²) >= 11 is 0. The van der Waals surface area contributed by atoms with Gasteiger partial charge in [-0.05, 0) is 43.2 Å². The highest BCUT2D eigenvalue weighted by molar-refractivity contribution is 6.37. The van der Waals surface area contributed by atoms with E-state index in [0.717, 1.165) is 4.90 Å². The van der Waals surface area contributed by atoms with Gasteiger partial charge in [0.05, 0.1) is 25.4 Å². The van der Waals surface area contributed by atoms with E-state index >= 15 is 0 Å². The monoisotopic (exact) mass is 873 g/mol. The van der Waals surface area contributed by atoms with E-state index in [4.69, 9.17) is 10.8 Å². The maximum Gasteiger partial charge on any atom is 0.305 e. The number of nitrogens with two attached hydrogens (primary N) is 1. The minimum atomic E-state index is -1.81. The van der Waals surface area contributed by atoms with Crippen LogP contribution >= 0.6 is 0 Å². The average molecular weight is 874 g/mol.